The number of fused-ring (bicyclic) bond motifs is 2. The summed E-state index contributed by atoms with van der Waals surface area (Å²) < 4.78 is 23.4. The van der Waals surface area contributed by atoms with Crippen LogP contribution in [0.2, 0.25) is 0 Å². The molecular formula is C56H66N4O10. The van der Waals surface area contributed by atoms with E-state index < -0.39 is 23.1 Å². The topological polar surface area (TPSA) is 193 Å². The summed E-state index contributed by atoms with van der Waals surface area (Å²) in [6, 6.07) is 18.0. The number of phenols is 2. The van der Waals surface area contributed by atoms with Gasteiger partial charge >= 0.3 is 11.3 Å². The SMILES string of the molecule is CCNCCCOc1ccc2cc(NC(=O)c3ccc(O)c(C/C=C(\C)Cc4cc(C(=O)Nc5cc6ccc(OCCCN(CC)CC)c(C)c6oc5=O)cc(CC=C(C)C)c4O)c3)c(=O)oc2c1C. The highest BCUT2D eigenvalue weighted by Crippen LogP contribution is 2.32. The van der Waals surface area contributed by atoms with Crippen molar-refractivity contribution in [3.63, 3.8) is 0 Å². The van der Waals surface area contributed by atoms with Gasteiger partial charge in [0, 0.05) is 39.6 Å². The van der Waals surface area contributed by atoms with Crippen molar-refractivity contribution in [2.24, 2.45) is 0 Å². The first-order chi connectivity index (χ1) is 33.6. The lowest BCUT2D eigenvalue weighted by Crippen LogP contribution is -2.25. The minimum Gasteiger partial charge on any atom is -0.508 e. The Morgan fingerprint density at radius 1 is 0.671 bits per heavy atom. The molecule has 70 heavy (non-hydrogen) atoms. The van der Waals surface area contributed by atoms with Crippen molar-refractivity contribution >= 4 is 45.1 Å². The Morgan fingerprint density at radius 3 is 1.79 bits per heavy atom. The van der Waals surface area contributed by atoms with Gasteiger partial charge in [-0.2, -0.15) is 0 Å². The summed E-state index contributed by atoms with van der Waals surface area (Å²) >= 11 is 0. The van der Waals surface area contributed by atoms with Crippen molar-refractivity contribution < 1.29 is 38.1 Å². The molecule has 0 bridgehead atoms. The highest BCUT2D eigenvalue weighted by Gasteiger charge is 2.19. The number of aryl methyl sites for hydroxylation is 2. The zero-order valence-corrected chi connectivity index (χ0v) is 41.6. The van der Waals surface area contributed by atoms with Crippen molar-refractivity contribution in [2.45, 2.75) is 87.5 Å². The Labute approximate surface area is 409 Å². The Balaban J connectivity index is 1.15. The van der Waals surface area contributed by atoms with Gasteiger partial charge in [-0.1, -0.05) is 44.1 Å². The van der Waals surface area contributed by atoms with E-state index in [9.17, 15) is 29.4 Å². The number of allylic oxidation sites excluding steroid dienone is 4. The molecule has 14 nitrogen and oxygen atoms in total. The Hall–Kier alpha value is -7.16. The third-order valence-corrected chi connectivity index (χ3v) is 12.2. The first kappa shape index (κ1) is 52.2. The molecule has 6 rings (SSSR count). The third kappa shape index (κ3) is 13.3. The average Bonchev–Trinajstić information content (AvgIpc) is 3.33. The van der Waals surface area contributed by atoms with E-state index in [1.54, 1.807) is 42.5 Å². The molecule has 6 aromatic rings. The van der Waals surface area contributed by atoms with Crippen LogP contribution in [0.25, 0.3) is 21.9 Å². The molecule has 2 aromatic heterocycles. The van der Waals surface area contributed by atoms with Gasteiger partial charge in [-0.3, -0.25) is 9.59 Å². The number of nitrogens with zero attached hydrogens (tertiary/aromatic N) is 1. The zero-order chi connectivity index (χ0) is 50.5. The summed E-state index contributed by atoms with van der Waals surface area (Å²) in [5, 5.41) is 32.2. The van der Waals surface area contributed by atoms with Gasteiger partial charge < -0.3 is 49.4 Å². The van der Waals surface area contributed by atoms with E-state index in [4.69, 9.17) is 18.3 Å². The van der Waals surface area contributed by atoms with Crippen LogP contribution in [0, 0.1) is 13.8 Å². The minimum atomic E-state index is -0.717. The molecule has 2 heterocycles. The van der Waals surface area contributed by atoms with E-state index in [2.05, 4.69) is 34.7 Å². The molecule has 14 heteroatoms. The van der Waals surface area contributed by atoms with Crippen LogP contribution in [0.5, 0.6) is 23.0 Å². The maximum Gasteiger partial charge on any atom is 0.360 e. The number of nitrogens with one attached hydrogen (secondary N) is 3. The number of aromatic hydroxyl groups is 2. The van der Waals surface area contributed by atoms with E-state index in [-0.39, 0.29) is 46.8 Å². The predicted octanol–water partition coefficient (Wildman–Crippen LogP) is 10.2. The van der Waals surface area contributed by atoms with Gasteiger partial charge in [0.05, 0.1) is 13.2 Å². The number of rotatable bonds is 23. The highest BCUT2D eigenvalue weighted by molar-refractivity contribution is 6.06. The fraction of sp³-hybridized carbons (Fsp3) is 0.357. The molecule has 0 saturated heterocycles. The van der Waals surface area contributed by atoms with Gasteiger partial charge in [-0.15, -0.1) is 0 Å². The number of hydrogen-bond donors (Lipinski definition) is 5. The summed E-state index contributed by atoms with van der Waals surface area (Å²) in [5.74, 6) is 0.121. The molecule has 0 unspecified atom stereocenters. The quantitative estimate of drug-likeness (QED) is 0.0232. The first-order valence-electron chi connectivity index (χ1n) is 24.0. The van der Waals surface area contributed by atoms with Crippen LogP contribution in [0.1, 0.15) is 103 Å². The molecule has 0 radical (unpaired) electrons. The van der Waals surface area contributed by atoms with Crippen LogP contribution in [-0.2, 0) is 19.3 Å². The van der Waals surface area contributed by atoms with Crippen LogP contribution < -0.4 is 36.7 Å². The molecule has 2 amide bonds. The van der Waals surface area contributed by atoms with Gasteiger partial charge in [-0.25, -0.2) is 9.59 Å². The summed E-state index contributed by atoms with van der Waals surface area (Å²) in [7, 11) is 0. The van der Waals surface area contributed by atoms with Crippen molar-refractivity contribution in [2.75, 3.05) is 56.6 Å². The number of benzene rings is 4. The first-order valence-corrected chi connectivity index (χ1v) is 24.0. The fourth-order valence-electron chi connectivity index (χ4n) is 8.10. The Bertz CT molecular complexity index is 3030. The monoisotopic (exact) mass is 954 g/mol. The van der Waals surface area contributed by atoms with Crippen molar-refractivity contribution in [3.05, 3.63) is 150 Å². The second-order valence-electron chi connectivity index (χ2n) is 17.7. The number of hydrogen-bond acceptors (Lipinski definition) is 12. The van der Waals surface area contributed by atoms with E-state index in [0.717, 1.165) is 56.7 Å². The lowest BCUT2D eigenvalue weighted by Gasteiger charge is -2.18. The van der Waals surface area contributed by atoms with Gasteiger partial charge in [0.25, 0.3) is 11.8 Å². The molecular weight excluding hydrogens is 889 g/mol. The van der Waals surface area contributed by atoms with Crippen LogP contribution >= 0.6 is 0 Å². The van der Waals surface area contributed by atoms with E-state index in [0.29, 0.717) is 80.9 Å². The van der Waals surface area contributed by atoms with Gasteiger partial charge in [0.15, 0.2) is 0 Å². The van der Waals surface area contributed by atoms with E-state index in [1.165, 1.54) is 12.1 Å². The van der Waals surface area contributed by atoms with Crippen LogP contribution in [0.15, 0.2) is 108 Å². The molecule has 370 valence electrons. The normalized spacial score (nSPS) is 11.6. The summed E-state index contributed by atoms with van der Waals surface area (Å²) in [5.41, 5.74) is 4.37. The summed E-state index contributed by atoms with van der Waals surface area (Å²) in [6.45, 7) is 21.3. The smallest absolute Gasteiger partial charge is 0.360 e. The molecule has 5 N–H and O–H groups in total. The second-order valence-corrected chi connectivity index (χ2v) is 17.7. The Morgan fingerprint density at radius 2 is 1.21 bits per heavy atom. The van der Waals surface area contributed by atoms with Crippen molar-refractivity contribution in [3.8, 4) is 23.0 Å². The van der Waals surface area contributed by atoms with Crippen molar-refractivity contribution in [1.29, 1.82) is 0 Å². The maximum atomic E-state index is 13.9. The molecule has 0 aliphatic heterocycles. The Kier molecular flexibility index (Phi) is 18.2. The second kappa shape index (κ2) is 24.4. The summed E-state index contributed by atoms with van der Waals surface area (Å²) in [6.07, 6.45) is 6.32. The number of anilines is 2. The predicted molar refractivity (Wildman–Crippen MR) is 277 cm³/mol. The lowest BCUT2D eigenvalue weighted by molar-refractivity contribution is 0.101. The molecule has 0 aliphatic rings. The standard InChI is InChI=1S/C56H66N4O10/c1-9-57-24-12-26-67-48-22-19-40-32-45(55(65)69-51(40)36(48)7)58-53(63)42-18-21-47(61)38(29-42)17-15-35(6)28-43-31-44(30-39(50(43)62)16-14-34(4)5)54(64)59-46-33-41-20-23-49(37(8)52(41)70-56(46)66)68-27-13-25-60(10-2)11-3/h14-15,18-23,29-33,57,61-62H,9-13,16-17,24-28H2,1-8H3,(H,58,63)(H,59,64)/b35-15+. The third-order valence-electron chi connectivity index (χ3n) is 12.2. The van der Waals surface area contributed by atoms with Crippen LogP contribution in [0.3, 0.4) is 0 Å². The number of ether oxygens (including phenoxy) is 2. The van der Waals surface area contributed by atoms with Crippen molar-refractivity contribution in [1.82, 2.24) is 10.2 Å². The van der Waals surface area contributed by atoms with Crippen LogP contribution in [0.4, 0.5) is 11.4 Å². The molecule has 0 fully saturated rings. The minimum absolute atomic E-state index is 0.0287. The van der Waals surface area contributed by atoms with E-state index >= 15 is 0 Å². The van der Waals surface area contributed by atoms with Gasteiger partial charge in [0.2, 0.25) is 0 Å². The fourth-order valence-corrected chi connectivity index (χ4v) is 8.10. The number of carbonyl (C=O) groups excluding carboxylic acids is 2. The number of carbonyl (C=O) groups is 2. The molecule has 0 aliphatic carbocycles. The van der Waals surface area contributed by atoms with Gasteiger partial charge in [-0.05, 0) is 176 Å². The van der Waals surface area contributed by atoms with E-state index in [1.807, 2.05) is 65.8 Å². The summed E-state index contributed by atoms with van der Waals surface area (Å²) in [4.78, 5) is 56.1. The molecule has 0 saturated carbocycles. The lowest BCUT2D eigenvalue weighted by atomic mass is 9.95. The van der Waals surface area contributed by atoms with Crippen LogP contribution in [-0.4, -0.2) is 72.9 Å². The highest BCUT2D eigenvalue weighted by atomic mass is 16.5. The molecule has 0 spiro atoms. The number of phenolic OH excluding ortho intramolecular Hbond substituents is 2. The number of amides is 2. The van der Waals surface area contributed by atoms with Gasteiger partial charge in [0.1, 0.15) is 45.5 Å². The zero-order valence-electron chi connectivity index (χ0n) is 41.6. The maximum absolute atomic E-state index is 13.9. The molecule has 4 aromatic carbocycles. The molecule has 0 atom stereocenters. The average molecular weight is 955 g/mol. The largest absolute Gasteiger partial charge is 0.508 e.